The second kappa shape index (κ2) is 14.0. The van der Waals surface area contributed by atoms with Crippen molar-refractivity contribution in [3.8, 4) is 34.0 Å². The number of nitrogens with one attached hydrogen (secondary N) is 1. The summed E-state index contributed by atoms with van der Waals surface area (Å²) in [5, 5.41) is 19.8. The molecule has 1 aliphatic rings. The Kier molecular flexibility index (Phi) is 9.03. The highest BCUT2D eigenvalue weighted by molar-refractivity contribution is 5.80. The van der Waals surface area contributed by atoms with Crippen LogP contribution in [0.15, 0.2) is 109 Å². The molecule has 1 saturated carbocycles. The second-order valence-corrected chi connectivity index (χ2v) is 12.1. The van der Waals surface area contributed by atoms with E-state index in [0.717, 1.165) is 47.3 Å². The summed E-state index contributed by atoms with van der Waals surface area (Å²) < 4.78 is 15.7. The molecular formula is C38H39N7O2. The van der Waals surface area contributed by atoms with E-state index in [1.807, 2.05) is 78.9 Å². The first kappa shape index (κ1) is 30.3. The summed E-state index contributed by atoms with van der Waals surface area (Å²) in [4.78, 5) is 5.27. The van der Waals surface area contributed by atoms with Crippen molar-refractivity contribution in [2.24, 2.45) is 0 Å². The number of aromatic amines is 1. The summed E-state index contributed by atoms with van der Waals surface area (Å²) in [7, 11) is 0. The summed E-state index contributed by atoms with van der Waals surface area (Å²) in [5.41, 5.74) is 4.25. The van der Waals surface area contributed by atoms with Crippen LogP contribution in [0.4, 0.5) is 0 Å². The fraction of sp³-hybridized carbons (Fsp3) is 0.289. The van der Waals surface area contributed by atoms with Gasteiger partial charge in [0.15, 0.2) is 5.82 Å². The Morgan fingerprint density at radius 2 is 1.40 bits per heavy atom. The minimum atomic E-state index is -1.20. The molecule has 0 spiro atoms. The van der Waals surface area contributed by atoms with Gasteiger partial charge in [0.05, 0.1) is 6.04 Å². The lowest BCUT2D eigenvalue weighted by Gasteiger charge is -2.32. The Bertz CT molecular complexity index is 1810. The predicted molar refractivity (Wildman–Crippen MR) is 181 cm³/mol. The summed E-state index contributed by atoms with van der Waals surface area (Å²) in [5.74, 6) is 2.34. The maximum absolute atomic E-state index is 6.77. The lowest BCUT2D eigenvalue weighted by atomic mass is 9.95. The van der Waals surface area contributed by atoms with Gasteiger partial charge >= 0.3 is 5.79 Å². The average molecular weight is 626 g/mol. The molecule has 6 aromatic rings. The summed E-state index contributed by atoms with van der Waals surface area (Å²) >= 11 is 0. The molecule has 1 N–H and O–H groups in total. The van der Waals surface area contributed by atoms with Crippen LogP contribution >= 0.6 is 0 Å². The minimum Gasteiger partial charge on any atom is -0.445 e. The Labute approximate surface area is 275 Å². The first-order chi connectivity index (χ1) is 23.2. The molecule has 1 fully saturated rings. The van der Waals surface area contributed by atoms with Crippen molar-refractivity contribution in [1.29, 1.82) is 0 Å². The number of hydrogen-bond donors (Lipinski definition) is 1. The van der Waals surface area contributed by atoms with E-state index in [2.05, 4.69) is 62.6 Å². The monoisotopic (exact) mass is 625 g/mol. The Hall–Kier alpha value is -5.31. The topological polar surface area (TPSA) is 104 Å². The van der Waals surface area contributed by atoms with Gasteiger partial charge in [0.2, 0.25) is 5.82 Å². The van der Waals surface area contributed by atoms with Crippen LogP contribution < -0.4 is 9.47 Å². The molecule has 0 radical (unpaired) electrons. The molecule has 2 heterocycles. The van der Waals surface area contributed by atoms with Crippen molar-refractivity contribution in [2.45, 2.75) is 70.1 Å². The number of para-hydroxylation sites is 2. The number of benzene rings is 4. The number of hydrogen-bond acceptors (Lipinski definition) is 7. The molecule has 4 aromatic carbocycles. The smallest absolute Gasteiger partial charge is 0.314 e. The lowest BCUT2D eigenvalue weighted by molar-refractivity contribution is -0.135. The van der Waals surface area contributed by atoms with Gasteiger partial charge in [-0.15, -0.1) is 10.2 Å². The molecule has 0 amide bonds. The van der Waals surface area contributed by atoms with Gasteiger partial charge in [-0.2, -0.15) is 0 Å². The molecule has 7 rings (SSSR count). The second-order valence-electron chi connectivity index (χ2n) is 12.1. The molecule has 2 aromatic heterocycles. The quantitative estimate of drug-likeness (QED) is 0.136. The first-order valence-corrected chi connectivity index (χ1v) is 16.6. The van der Waals surface area contributed by atoms with E-state index in [1.54, 1.807) is 0 Å². The van der Waals surface area contributed by atoms with Crippen molar-refractivity contribution < 1.29 is 9.47 Å². The van der Waals surface area contributed by atoms with E-state index in [-0.39, 0.29) is 6.04 Å². The van der Waals surface area contributed by atoms with Crippen molar-refractivity contribution in [3.05, 3.63) is 126 Å². The van der Waals surface area contributed by atoms with E-state index in [1.165, 1.54) is 19.3 Å². The lowest BCUT2D eigenvalue weighted by Crippen LogP contribution is -2.41. The van der Waals surface area contributed by atoms with Crippen LogP contribution in [-0.4, -0.2) is 35.4 Å². The zero-order valence-corrected chi connectivity index (χ0v) is 26.6. The van der Waals surface area contributed by atoms with Gasteiger partial charge < -0.3 is 9.47 Å². The van der Waals surface area contributed by atoms with E-state index in [0.29, 0.717) is 36.0 Å². The third kappa shape index (κ3) is 6.79. The Morgan fingerprint density at radius 3 is 2.02 bits per heavy atom. The number of tetrazole rings is 1. The normalized spacial score (nSPS) is 13.8. The molecule has 9 nitrogen and oxygen atoms in total. The molecule has 0 unspecified atom stereocenters. The predicted octanol–water partition coefficient (Wildman–Crippen LogP) is 8.33. The highest BCUT2D eigenvalue weighted by Crippen LogP contribution is 2.37. The molecule has 238 valence electrons. The standard InChI is InChI=1S/C38H39N7O2/c1-2-26-38(46-31-16-8-4-9-17-31,47-32-18-10-5-11-19-32)37-39-35(45(42-37)30-14-6-3-7-15-30)27-28-22-24-29(25-23-28)33-20-12-13-21-34(33)36-40-43-44-41-36/h4-5,8-13,16-25,30H,2-3,6-7,14-15,26-27H2,1H3,(H,40,41,43,44). The molecule has 47 heavy (non-hydrogen) atoms. The molecule has 0 aliphatic heterocycles. The molecule has 1 aliphatic carbocycles. The van der Waals surface area contributed by atoms with Crippen molar-refractivity contribution in [2.75, 3.05) is 0 Å². The van der Waals surface area contributed by atoms with Gasteiger partial charge in [-0.1, -0.05) is 111 Å². The third-order valence-corrected chi connectivity index (χ3v) is 8.75. The zero-order chi connectivity index (χ0) is 31.9. The highest BCUT2D eigenvalue weighted by atomic mass is 16.7. The van der Waals surface area contributed by atoms with Gasteiger partial charge in [-0.25, -0.2) is 14.8 Å². The number of ether oxygens (including phenoxy) is 2. The molecule has 0 bridgehead atoms. The van der Waals surface area contributed by atoms with Gasteiger partial charge in [0.25, 0.3) is 0 Å². The van der Waals surface area contributed by atoms with Crippen molar-refractivity contribution in [1.82, 2.24) is 35.4 Å². The molecule has 0 atom stereocenters. The van der Waals surface area contributed by atoms with Crippen LogP contribution in [0.1, 0.15) is 75.1 Å². The number of rotatable bonds is 12. The van der Waals surface area contributed by atoms with Crippen LogP contribution in [0.5, 0.6) is 11.5 Å². The van der Waals surface area contributed by atoms with Crippen LogP contribution in [0.3, 0.4) is 0 Å². The van der Waals surface area contributed by atoms with Gasteiger partial charge in [-0.05, 0) is 70.6 Å². The molecular weight excluding hydrogens is 586 g/mol. The number of H-pyrrole nitrogens is 1. The van der Waals surface area contributed by atoms with Gasteiger partial charge in [-0.3, -0.25) is 0 Å². The average Bonchev–Trinajstić information content (AvgIpc) is 3.82. The fourth-order valence-corrected chi connectivity index (χ4v) is 6.47. The number of nitrogens with zero attached hydrogens (tertiary/aromatic N) is 6. The maximum atomic E-state index is 6.77. The van der Waals surface area contributed by atoms with E-state index >= 15 is 0 Å². The maximum Gasteiger partial charge on any atom is 0.314 e. The zero-order valence-electron chi connectivity index (χ0n) is 26.6. The summed E-state index contributed by atoms with van der Waals surface area (Å²) in [6, 6.07) is 36.7. The highest BCUT2D eigenvalue weighted by Gasteiger charge is 2.42. The van der Waals surface area contributed by atoms with E-state index in [4.69, 9.17) is 19.6 Å². The third-order valence-electron chi connectivity index (χ3n) is 8.75. The van der Waals surface area contributed by atoms with Crippen molar-refractivity contribution >= 4 is 0 Å². The van der Waals surface area contributed by atoms with Crippen LogP contribution in [0.2, 0.25) is 0 Å². The van der Waals surface area contributed by atoms with Gasteiger partial charge in [0.1, 0.15) is 17.3 Å². The van der Waals surface area contributed by atoms with Gasteiger partial charge in [0, 0.05) is 18.4 Å². The fourth-order valence-electron chi connectivity index (χ4n) is 6.47. The van der Waals surface area contributed by atoms with E-state index < -0.39 is 5.79 Å². The Morgan fingerprint density at radius 1 is 0.766 bits per heavy atom. The first-order valence-electron chi connectivity index (χ1n) is 16.6. The number of aromatic nitrogens is 7. The van der Waals surface area contributed by atoms with Crippen LogP contribution in [0.25, 0.3) is 22.5 Å². The summed E-state index contributed by atoms with van der Waals surface area (Å²) in [6.45, 7) is 2.13. The molecule has 9 heteroatoms. The Balaban J connectivity index is 1.26. The largest absolute Gasteiger partial charge is 0.445 e. The SMILES string of the molecule is CCCC(Oc1ccccc1)(Oc1ccccc1)c1nc(Cc2ccc(-c3ccccc3-c3nnn[nH]3)cc2)n(C2CCCCC2)n1. The van der Waals surface area contributed by atoms with Crippen LogP contribution in [-0.2, 0) is 12.2 Å². The van der Waals surface area contributed by atoms with E-state index in [9.17, 15) is 0 Å². The molecule has 0 saturated heterocycles. The minimum absolute atomic E-state index is 0.287. The summed E-state index contributed by atoms with van der Waals surface area (Å²) in [6.07, 6.45) is 7.85. The van der Waals surface area contributed by atoms with Crippen LogP contribution in [0, 0.1) is 0 Å². The van der Waals surface area contributed by atoms with Crippen molar-refractivity contribution in [3.63, 3.8) is 0 Å².